The summed E-state index contributed by atoms with van der Waals surface area (Å²) in [4.78, 5) is 0. The molecule has 1 unspecified atom stereocenters. The summed E-state index contributed by atoms with van der Waals surface area (Å²) >= 11 is 0. The second-order valence-corrected chi connectivity index (χ2v) is 14.0. The van der Waals surface area contributed by atoms with Gasteiger partial charge in [0.2, 0.25) is 8.32 Å². The van der Waals surface area contributed by atoms with E-state index in [4.69, 9.17) is 4.12 Å². The van der Waals surface area contributed by atoms with Crippen molar-refractivity contribution in [1.29, 1.82) is 0 Å². The van der Waals surface area contributed by atoms with Crippen LogP contribution in [0.2, 0.25) is 32.7 Å². The van der Waals surface area contributed by atoms with Crippen LogP contribution in [0, 0.1) is 0 Å². The molecule has 4 heteroatoms. The number of aliphatic hydroxyl groups is 1. The van der Waals surface area contributed by atoms with E-state index in [0.717, 1.165) is 12.8 Å². The summed E-state index contributed by atoms with van der Waals surface area (Å²) in [6, 6.07) is 0. The van der Waals surface area contributed by atoms with Crippen molar-refractivity contribution in [2.24, 2.45) is 0 Å². The standard InChI is InChI=1S/C9H24O2Si2/c1-7-8-9(10)13(5,6)11-12(2,3)4/h9-10H,7-8H2,1-6H3. The fourth-order valence-electron chi connectivity index (χ4n) is 1.48. The molecule has 0 amide bonds. The molecular weight excluding hydrogens is 196 g/mol. The van der Waals surface area contributed by atoms with E-state index < -0.39 is 16.6 Å². The maximum atomic E-state index is 9.90. The number of hydrogen-bond donors (Lipinski definition) is 1. The highest BCUT2D eigenvalue weighted by Gasteiger charge is 2.35. The molecule has 80 valence electrons. The molecule has 0 spiro atoms. The highest BCUT2D eigenvalue weighted by molar-refractivity contribution is 6.84. The summed E-state index contributed by atoms with van der Waals surface area (Å²) < 4.78 is 6.07. The smallest absolute Gasteiger partial charge is 0.202 e. The minimum Gasteiger partial charge on any atom is -0.454 e. The summed E-state index contributed by atoms with van der Waals surface area (Å²) in [5.41, 5.74) is -0.204. The summed E-state index contributed by atoms with van der Waals surface area (Å²) in [5.74, 6) is 0. The Bertz CT molecular complexity index is 152. The Hall–Kier alpha value is 0.354. The van der Waals surface area contributed by atoms with E-state index in [1.54, 1.807) is 0 Å². The molecule has 0 bridgehead atoms. The Kier molecular flexibility index (Phi) is 4.86. The van der Waals surface area contributed by atoms with Gasteiger partial charge in [0, 0.05) is 0 Å². The molecule has 0 radical (unpaired) electrons. The van der Waals surface area contributed by atoms with Gasteiger partial charge in [-0.1, -0.05) is 13.3 Å². The average molecular weight is 220 g/mol. The number of hydrogen-bond acceptors (Lipinski definition) is 2. The third-order valence-corrected chi connectivity index (χ3v) is 8.38. The number of rotatable bonds is 5. The van der Waals surface area contributed by atoms with E-state index in [1.807, 2.05) is 0 Å². The minimum absolute atomic E-state index is 0.204. The summed E-state index contributed by atoms with van der Waals surface area (Å²) in [5, 5.41) is 9.90. The first-order valence-corrected chi connectivity index (χ1v) is 11.5. The van der Waals surface area contributed by atoms with Gasteiger partial charge in [0.05, 0.1) is 5.73 Å². The SMILES string of the molecule is CCCC(O)[Si](C)(C)O[Si](C)(C)C. The fraction of sp³-hybridized carbons (Fsp3) is 1.00. The molecule has 0 aliphatic carbocycles. The van der Waals surface area contributed by atoms with E-state index >= 15 is 0 Å². The predicted octanol–water partition coefficient (Wildman–Crippen LogP) is 2.74. The van der Waals surface area contributed by atoms with Crippen LogP contribution in [-0.2, 0) is 4.12 Å². The van der Waals surface area contributed by atoms with E-state index in [1.165, 1.54) is 0 Å². The van der Waals surface area contributed by atoms with Crippen LogP contribution in [0.1, 0.15) is 19.8 Å². The van der Waals surface area contributed by atoms with Crippen LogP contribution in [0.4, 0.5) is 0 Å². The van der Waals surface area contributed by atoms with Crippen molar-refractivity contribution in [2.75, 3.05) is 0 Å². The molecule has 1 N–H and O–H groups in total. The predicted molar refractivity (Wildman–Crippen MR) is 62.8 cm³/mol. The van der Waals surface area contributed by atoms with Crippen molar-refractivity contribution in [3.63, 3.8) is 0 Å². The molecule has 0 aromatic heterocycles. The van der Waals surface area contributed by atoms with E-state index in [0.29, 0.717) is 0 Å². The maximum Gasteiger partial charge on any atom is 0.202 e. The average Bonchev–Trinajstić information content (AvgIpc) is 1.82. The first-order valence-electron chi connectivity index (χ1n) is 5.07. The normalized spacial score (nSPS) is 15.9. The zero-order valence-corrected chi connectivity index (χ0v) is 11.8. The van der Waals surface area contributed by atoms with Crippen molar-refractivity contribution in [3.05, 3.63) is 0 Å². The van der Waals surface area contributed by atoms with Crippen molar-refractivity contribution >= 4 is 16.6 Å². The second kappa shape index (κ2) is 4.73. The van der Waals surface area contributed by atoms with Crippen LogP contribution in [0.25, 0.3) is 0 Å². The first-order chi connectivity index (χ1) is 5.69. The van der Waals surface area contributed by atoms with Gasteiger partial charge in [-0.25, -0.2) is 0 Å². The van der Waals surface area contributed by atoms with Gasteiger partial charge in [-0.15, -0.1) is 0 Å². The largest absolute Gasteiger partial charge is 0.454 e. The molecule has 0 saturated heterocycles. The lowest BCUT2D eigenvalue weighted by Gasteiger charge is -2.35. The Balaban J connectivity index is 4.21. The van der Waals surface area contributed by atoms with Crippen molar-refractivity contribution < 1.29 is 9.22 Å². The summed E-state index contributed by atoms with van der Waals surface area (Å²) in [7, 11) is -3.33. The summed E-state index contributed by atoms with van der Waals surface area (Å²) in [6.07, 6.45) is 1.91. The Morgan fingerprint density at radius 2 is 1.62 bits per heavy atom. The maximum absolute atomic E-state index is 9.90. The highest BCUT2D eigenvalue weighted by Crippen LogP contribution is 2.19. The lowest BCUT2D eigenvalue weighted by atomic mass is 10.4. The van der Waals surface area contributed by atoms with Crippen LogP contribution in [0.5, 0.6) is 0 Å². The molecule has 0 aromatic rings. The van der Waals surface area contributed by atoms with E-state index in [-0.39, 0.29) is 5.73 Å². The van der Waals surface area contributed by atoms with E-state index in [9.17, 15) is 5.11 Å². The van der Waals surface area contributed by atoms with Crippen LogP contribution >= 0.6 is 0 Å². The van der Waals surface area contributed by atoms with E-state index in [2.05, 4.69) is 39.7 Å². The molecule has 0 aliphatic rings. The topological polar surface area (TPSA) is 29.5 Å². The minimum atomic E-state index is -1.85. The number of aliphatic hydroxyl groups excluding tert-OH is 1. The second-order valence-electron chi connectivity index (χ2n) is 5.12. The molecule has 0 rings (SSSR count). The van der Waals surface area contributed by atoms with Gasteiger partial charge in [0.15, 0.2) is 8.32 Å². The van der Waals surface area contributed by atoms with Gasteiger partial charge < -0.3 is 9.22 Å². The lowest BCUT2D eigenvalue weighted by Crippen LogP contribution is -2.51. The first kappa shape index (κ1) is 13.4. The van der Waals surface area contributed by atoms with Crippen molar-refractivity contribution in [1.82, 2.24) is 0 Å². The van der Waals surface area contributed by atoms with Crippen LogP contribution in [0.3, 0.4) is 0 Å². The molecule has 13 heavy (non-hydrogen) atoms. The molecule has 1 atom stereocenters. The molecule has 0 saturated carbocycles. The third kappa shape index (κ3) is 5.62. The molecule has 0 aromatic carbocycles. The van der Waals surface area contributed by atoms with Crippen molar-refractivity contribution in [2.45, 2.75) is 58.2 Å². The van der Waals surface area contributed by atoms with Crippen LogP contribution in [0.15, 0.2) is 0 Å². The van der Waals surface area contributed by atoms with Gasteiger partial charge in [0.1, 0.15) is 0 Å². The zero-order chi connectivity index (χ0) is 10.7. The fourth-order valence-corrected chi connectivity index (χ4v) is 9.32. The van der Waals surface area contributed by atoms with Gasteiger partial charge in [-0.2, -0.15) is 0 Å². The highest BCUT2D eigenvalue weighted by atomic mass is 28.4. The quantitative estimate of drug-likeness (QED) is 0.722. The van der Waals surface area contributed by atoms with Crippen LogP contribution in [-0.4, -0.2) is 27.5 Å². The molecule has 0 heterocycles. The van der Waals surface area contributed by atoms with Gasteiger partial charge in [0.25, 0.3) is 0 Å². The monoisotopic (exact) mass is 220 g/mol. The molecule has 0 fully saturated rings. The third-order valence-electron chi connectivity index (χ3n) is 1.93. The summed E-state index contributed by atoms with van der Waals surface area (Å²) in [6.45, 7) is 12.9. The zero-order valence-electron chi connectivity index (χ0n) is 9.85. The van der Waals surface area contributed by atoms with Gasteiger partial charge >= 0.3 is 0 Å². The van der Waals surface area contributed by atoms with Gasteiger partial charge in [-0.05, 0) is 39.2 Å². The van der Waals surface area contributed by atoms with Crippen LogP contribution < -0.4 is 0 Å². The Morgan fingerprint density at radius 1 is 1.15 bits per heavy atom. The lowest BCUT2D eigenvalue weighted by molar-refractivity contribution is 0.212. The molecule has 0 aliphatic heterocycles. The van der Waals surface area contributed by atoms with Crippen molar-refractivity contribution in [3.8, 4) is 0 Å². The molecular formula is C9H24O2Si2. The molecule has 2 nitrogen and oxygen atoms in total. The Labute approximate surface area is 84.6 Å². The Morgan fingerprint density at radius 3 is 1.92 bits per heavy atom. The van der Waals surface area contributed by atoms with Gasteiger partial charge in [-0.3, -0.25) is 0 Å².